The van der Waals surface area contributed by atoms with E-state index >= 15 is 0 Å². The predicted molar refractivity (Wildman–Crippen MR) is 73.1 cm³/mol. The lowest BCUT2D eigenvalue weighted by molar-refractivity contribution is -0.125. The molecule has 0 radical (unpaired) electrons. The predicted octanol–water partition coefficient (Wildman–Crippen LogP) is 1.10. The zero-order valence-electron chi connectivity index (χ0n) is 10.5. The number of amides is 2. The summed E-state index contributed by atoms with van der Waals surface area (Å²) in [5.41, 5.74) is 0. The van der Waals surface area contributed by atoms with Gasteiger partial charge >= 0.3 is 0 Å². The highest BCUT2D eigenvalue weighted by Gasteiger charge is 2.28. The molecule has 0 atom stereocenters. The highest BCUT2D eigenvalue weighted by Crippen LogP contribution is 2.31. The van der Waals surface area contributed by atoms with Gasteiger partial charge in [0.15, 0.2) is 18.2 Å². The van der Waals surface area contributed by atoms with E-state index in [-0.39, 0.29) is 25.0 Å². The third-order valence-corrected chi connectivity index (χ3v) is 3.03. The molecule has 0 unspecified atom stereocenters. The summed E-state index contributed by atoms with van der Waals surface area (Å²) in [6.45, 7) is 2.44. The highest BCUT2D eigenvalue weighted by atomic mass is 79.9. The minimum atomic E-state index is -0.273. The molecule has 1 aromatic rings. The van der Waals surface area contributed by atoms with Gasteiger partial charge in [0.25, 0.3) is 5.91 Å². The lowest BCUT2D eigenvalue weighted by Crippen LogP contribution is -2.45. The fraction of sp³-hybridized carbons (Fsp3) is 0.417. The van der Waals surface area contributed by atoms with Crippen LogP contribution >= 0.6 is 15.9 Å². The number of hydrogen-bond acceptors (Lipinski definition) is 4. The van der Waals surface area contributed by atoms with Crippen LogP contribution in [0, 0.1) is 0 Å². The second-order valence-electron chi connectivity index (χ2n) is 4.07. The summed E-state index contributed by atoms with van der Waals surface area (Å²) in [6, 6.07) is 3.44. The third-order valence-electron chi connectivity index (χ3n) is 2.59. The maximum atomic E-state index is 11.8. The van der Waals surface area contributed by atoms with Crippen LogP contribution in [0.2, 0.25) is 0 Å². The van der Waals surface area contributed by atoms with Gasteiger partial charge in [-0.1, -0.05) is 6.92 Å². The molecule has 0 saturated heterocycles. The van der Waals surface area contributed by atoms with Crippen molar-refractivity contribution < 1.29 is 14.3 Å². The maximum Gasteiger partial charge on any atom is 0.266 e. The molecule has 0 aliphatic carbocycles. The van der Waals surface area contributed by atoms with Gasteiger partial charge in [0, 0.05) is 6.54 Å². The largest absolute Gasteiger partial charge is 0.480 e. The molecule has 0 spiro atoms. The summed E-state index contributed by atoms with van der Waals surface area (Å²) in [6.07, 6.45) is 0.850. The van der Waals surface area contributed by atoms with E-state index in [1.54, 1.807) is 12.1 Å². The van der Waals surface area contributed by atoms with Gasteiger partial charge < -0.3 is 10.1 Å². The molecule has 2 heterocycles. The molecule has 7 heteroatoms. The number of rotatable bonds is 4. The van der Waals surface area contributed by atoms with E-state index in [9.17, 15) is 9.59 Å². The Bertz CT molecular complexity index is 507. The van der Waals surface area contributed by atoms with Crippen molar-refractivity contribution >= 4 is 33.6 Å². The normalized spacial score (nSPS) is 13.8. The number of anilines is 1. The standard InChI is InChI=1S/C12H14BrN3O3/c1-2-5-14-10(17)6-16-11(18)7-19-8-3-4-9(13)15-12(8)16/h3-4H,2,5-7H2,1H3,(H,14,17). The van der Waals surface area contributed by atoms with Crippen molar-refractivity contribution in [2.45, 2.75) is 13.3 Å². The Hall–Kier alpha value is -1.63. The number of carbonyl (C=O) groups is 2. The van der Waals surface area contributed by atoms with Gasteiger partial charge in [0.2, 0.25) is 5.91 Å². The fourth-order valence-electron chi connectivity index (χ4n) is 1.68. The van der Waals surface area contributed by atoms with Crippen LogP contribution in [-0.2, 0) is 9.59 Å². The third kappa shape index (κ3) is 3.23. The fourth-order valence-corrected chi connectivity index (χ4v) is 1.98. The summed E-state index contributed by atoms with van der Waals surface area (Å²) >= 11 is 3.24. The number of pyridine rings is 1. The number of carbonyl (C=O) groups excluding carboxylic acids is 2. The van der Waals surface area contributed by atoms with E-state index in [1.165, 1.54) is 4.90 Å². The minimum Gasteiger partial charge on any atom is -0.480 e. The van der Waals surface area contributed by atoms with Crippen LogP contribution in [0.1, 0.15) is 13.3 Å². The molecule has 2 rings (SSSR count). The molecule has 6 nitrogen and oxygen atoms in total. The smallest absolute Gasteiger partial charge is 0.266 e. The van der Waals surface area contributed by atoms with Gasteiger partial charge in [-0.2, -0.15) is 0 Å². The second kappa shape index (κ2) is 6.01. The Labute approximate surface area is 119 Å². The summed E-state index contributed by atoms with van der Waals surface area (Å²) in [5, 5.41) is 2.73. The zero-order valence-corrected chi connectivity index (χ0v) is 12.1. The number of nitrogens with one attached hydrogen (secondary N) is 1. The van der Waals surface area contributed by atoms with E-state index in [4.69, 9.17) is 4.74 Å². The summed E-state index contributed by atoms with van der Waals surface area (Å²) in [5.74, 6) is 0.401. The molecule has 0 saturated carbocycles. The molecule has 19 heavy (non-hydrogen) atoms. The average Bonchev–Trinajstić information content (AvgIpc) is 2.40. The molecular weight excluding hydrogens is 314 g/mol. The average molecular weight is 328 g/mol. The lowest BCUT2D eigenvalue weighted by atomic mass is 10.3. The molecule has 102 valence electrons. The first-order valence-electron chi connectivity index (χ1n) is 5.98. The van der Waals surface area contributed by atoms with Gasteiger partial charge in [-0.25, -0.2) is 4.98 Å². The van der Waals surface area contributed by atoms with E-state index in [0.717, 1.165) is 6.42 Å². The van der Waals surface area contributed by atoms with Crippen LogP contribution in [0.5, 0.6) is 5.75 Å². The summed E-state index contributed by atoms with van der Waals surface area (Å²) in [7, 11) is 0. The molecular formula is C12H14BrN3O3. The van der Waals surface area contributed by atoms with E-state index < -0.39 is 0 Å². The zero-order chi connectivity index (χ0) is 13.8. The van der Waals surface area contributed by atoms with Gasteiger partial charge in [-0.15, -0.1) is 0 Å². The molecule has 1 N–H and O–H groups in total. The molecule has 2 amide bonds. The molecule has 1 aliphatic heterocycles. The Kier molecular flexibility index (Phi) is 4.36. The first kappa shape index (κ1) is 13.8. The number of hydrogen-bond donors (Lipinski definition) is 1. The van der Waals surface area contributed by atoms with Crippen LogP contribution < -0.4 is 15.0 Å². The van der Waals surface area contributed by atoms with Crippen molar-refractivity contribution in [3.8, 4) is 5.75 Å². The quantitative estimate of drug-likeness (QED) is 0.840. The first-order valence-corrected chi connectivity index (χ1v) is 6.77. The molecule has 0 aromatic carbocycles. The van der Waals surface area contributed by atoms with Crippen molar-refractivity contribution in [1.29, 1.82) is 0 Å². The summed E-state index contributed by atoms with van der Waals surface area (Å²) < 4.78 is 5.86. The van der Waals surface area contributed by atoms with E-state index in [0.29, 0.717) is 22.7 Å². The Morgan fingerprint density at radius 2 is 2.37 bits per heavy atom. The number of halogens is 1. The minimum absolute atomic E-state index is 0.0430. The summed E-state index contributed by atoms with van der Waals surface area (Å²) in [4.78, 5) is 29.1. The number of nitrogens with zero attached hydrogens (tertiary/aromatic N) is 2. The van der Waals surface area contributed by atoms with Crippen molar-refractivity contribution in [2.24, 2.45) is 0 Å². The van der Waals surface area contributed by atoms with Gasteiger partial charge in [-0.3, -0.25) is 14.5 Å². The highest BCUT2D eigenvalue weighted by molar-refractivity contribution is 9.10. The lowest BCUT2D eigenvalue weighted by Gasteiger charge is -2.27. The van der Waals surface area contributed by atoms with Crippen LogP contribution in [0.25, 0.3) is 0 Å². The number of fused-ring (bicyclic) bond motifs is 1. The van der Waals surface area contributed by atoms with Crippen molar-refractivity contribution in [2.75, 3.05) is 24.6 Å². The first-order chi connectivity index (χ1) is 9.11. The van der Waals surface area contributed by atoms with Crippen LogP contribution in [0.15, 0.2) is 16.7 Å². The van der Waals surface area contributed by atoms with Crippen LogP contribution in [0.3, 0.4) is 0 Å². The number of ether oxygens (including phenoxy) is 1. The molecule has 0 bridgehead atoms. The Morgan fingerprint density at radius 1 is 1.58 bits per heavy atom. The Morgan fingerprint density at radius 3 is 3.11 bits per heavy atom. The van der Waals surface area contributed by atoms with Gasteiger partial charge in [-0.05, 0) is 34.5 Å². The van der Waals surface area contributed by atoms with Crippen LogP contribution in [0.4, 0.5) is 5.82 Å². The second-order valence-corrected chi connectivity index (χ2v) is 4.89. The van der Waals surface area contributed by atoms with E-state index in [1.807, 2.05) is 6.92 Å². The Balaban J connectivity index is 2.18. The SMILES string of the molecule is CCCNC(=O)CN1C(=O)COc2ccc(Br)nc21. The number of aromatic nitrogens is 1. The van der Waals surface area contributed by atoms with Gasteiger partial charge in [0.05, 0.1) is 0 Å². The van der Waals surface area contributed by atoms with Gasteiger partial charge in [0.1, 0.15) is 11.1 Å². The topological polar surface area (TPSA) is 71.5 Å². The molecule has 1 aliphatic rings. The van der Waals surface area contributed by atoms with Crippen LogP contribution in [-0.4, -0.2) is 36.5 Å². The monoisotopic (exact) mass is 327 g/mol. The van der Waals surface area contributed by atoms with Crippen molar-refractivity contribution in [3.63, 3.8) is 0 Å². The van der Waals surface area contributed by atoms with Crippen molar-refractivity contribution in [3.05, 3.63) is 16.7 Å². The molecule has 0 fully saturated rings. The van der Waals surface area contributed by atoms with E-state index in [2.05, 4.69) is 26.2 Å². The maximum absolute atomic E-state index is 11.8. The molecule has 1 aromatic heterocycles. The van der Waals surface area contributed by atoms with Crippen molar-refractivity contribution in [1.82, 2.24) is 10.3 Å².